The summed E-state index contributed by atoms with van der Waals surface area (Å²) in [6, 6.07) is 11.5. The van der Waals surface area contributed by atoms with Crippen molar-refractivity contribution in [2.75, 3.05) is 6.61 Å². The van der Waals surface area contributed by atoms with E-state index in [0.29, 0.717) is 16.3 Å². The van der Waals surface area contributed by atoms with Gasteiger partial charge in [-0.25, -0.2) is 0 Å². The number of benzene rings is 2. The van der Waals surface area contributed by atoms with E-state index in [2.05, 4.69) is 0 Å². The van der Waals surface area contributed by atoms with Gasteiger partial charge in [-0.05, 0) is 35.9 Å². The maximum atomic E-state index is 12.3. The topological polar surface area (TPSA) is 75.7 Å². The highest BCUT2D eigenvalue weighted by atomic mass is 35.5. The average Bonchev–Trinajstić information content (AvgIpc) is 2.83. The van der Waals surface area contributed by atoms with Crippen molar-refractivity contribution in [2.45, 2.75) is 0 Å². The molecule has 0 saturated carbocycles. The quantitative estimate of drug-likeness (QED) is 0.803. The first-order valence-corrected chi connectivity index (χ1v) is 7.07. The Morgan fingerprint density at radius 2 is 1.96 bits per heavy atom. The van der Waals surface area contributed by atoms with Gasteiger partial charge in [0, 0.05) is 11.1 Å². The van der Waals surface area contributed by atoms with E-state index in [1.807, 2.05) is 0 Å². The van der Waals surface area contributed by atoms with Crippen molar-refractivity contribution in [1.29, 1.82) is 0 Å². The van der Waals surface area contributed by atoms with Gasteiger partial charge in [-0.3, -0.25) is 4.79 Å². The minimum absolute atomic E-state index is 0.180. The third-order valence-corrected chi connectivity index (χ3v) is 3.42. The second-order valence-corrected chi connectivity index (χ2v) is 5.25. The highest BCUT2D eigenvalue weighted by Gasteiger charge is 2.27. The number of carboxylic acid groups (broad SMARTS) is 1. The zero-order valence-electron chi connectivity index (χ0n) is 11.7. The van der Waals surface area contributed by atoms with E-state index in [0.717, 1.165) is 5.56 Å². The normalized spacial score (nSPS) is 14.5. The van der Waals surface area contributed by atoms with Crippen LogP contribution in [0.5, 0.6) is 11.5 Å². The summed E-state index contributed by atoms with van der Waals surface area (Å²) in [5.41, 5.74) is 1.17. The van der Waals surface area contributed by atoms with E-state index >= 15 is 0 Å². The van der Waals surface area contributed by atoms with Crippen molar-refractivity contribution in [3.05, 3.63) is 64.4 Å². The summed E-state index contributed by atoms with van der Waals surface area (Å²) in [6.07, 6.45) is 1.61. The molecule has 0 aliphatic carbocycles. The number of rotatable bonds is 4. The Hall–Kier alpha value is -2.79. The van der Waals surface area contributed by atoms with Crippen LogP contribution in [-0.2, 0) is 4.79 Å². The Balaban J connectivity index is 1.83. The van der Waals surface area contributed by atoms with Crippen LogP contribution in [0.2, 0.25) is 5.02 Å². The molecule has 2 aromatic carbocycles. The van der Waals surface area contributed by atoms with Crippen molar-refractivity contribution in [1.82, 2.24) is 0 Å². The fourth-order valence-electron chi connectivity index (χ4n) is 2.11. The molecule has 0 saturated heterocycles. The maximum Gasteiger partial charge on any atom is 0.231 e. The molecule has 0 fully saturated rings. The van der Waals surface area contributed by atoms with Gasteiger partial charge in [0.15, 0.2) is 5.76 Å². The number of hydrogen-bond acceptors (Lipinski definition) is 5. The summed E-state index contributed by atoms with van der Waals surface area (Å²) >= 11 is 5.82. The van der Waals surface area contributed by atoms with Crippen molar-refractivity contribution < 1.29 is 24.2 Å². The van der Waals surface area contributed by atoms with Crippen LogP contribution in [0.25, 0.3) is 6.08 Å². The number of ketones is 1. The van der Waals surface area contributed by atoms with Crippen LogP contribution < -0.4 is 14.6 Å². The Bertz CT molecular complexity index is 808. The monoisotopic (exact) mass is 329 g/mol. The Morgan fingerprint density at radius 3 is 2.65 bits per heavy atom. The summed E-state index contributed by atoms with van der Waals surface area (Å²) < 4.78 is 10.5. The van der Waals surface area contributed by atoms with Crippen LogP contribution in [-0.4, -0.2) is 18.4 Å². The molecule has 5 nitrogen and oxygen atoms in total. The van der Waals surface area contributed by atoms with Gasteiger partial charge in [0.2, 0.25) is 5.78 Å². The molecule has 2 aromatic rings. The zero-order valence-corrected chi connectivity index (χ0v) is 12.5. The first kappa shape index (κ1) is 15.1. The number of halogens is 1. The van der Waals surface area contributed by atoms with Gasteiger partial charge in [0.1, 0.15) is 18.1 Å². The predicted octanol–water partition coefficient (Wildman–Crippen LogP) is 2.08. The summed E-state index contributed by atoms with van der Waals surface area (Å²) in [4.78, 5) is 22.7. The first-order valence-electron chi connectivity index (χ1n) is 6.69. The third kappa shape index (κ3) is 3.35. The summed E-state index contributed by atoms with van der Waals surface area (Å²) in [5.74, 6) is -0.786. The highest BCUT2D eigenvalue weighted by molar-refractivity contribution is 6.30. The second kappa shape index (κ2) is 6.14. The Morgan fingerprint density at radius 1 is 1.22 bits per heavy atom. The van der Waals surface area contributed by atoms with Crippen LogP contribution in [0.1, 0.15) is 15.9 Å². The lowest BCUT2D eigenvalue weighted by Crippen LogP contribution is -2.28. The molecule has 3 rings (SSSR count). The molecule has 1 aliphatic rings. The molecule has 0 atom stereocenters. The molecule has 23 heavy (non-hydrogen) atoms. The van der Waals surface area contributed by atoms with Gasteiger partial charge in [-0.1, -0.05) is 23.7 Å². The number of carboxylic acids is 1. The molecule has 0 amide bonds. The lowest BCUT2D eigenvalue weighted by Gasteiger charge is -2.07. The number of allylic oxidation sites excluding steroid dienone is 1. The Labute approximate surface area is 136 Å². The number of fused-ring (bicyclic) bond motifs is 1. The molecule has 0 bridgehead atoms. The van der Waals surface area contributed by atoms with Gasteiger partial charge in [-0.15, -0.1) is 0 Å². The molecule has 116 valence electrons. The maximum absolute atomic E-state index is 12.3. The minimum atomic E-state index is -1.33. The molecule has 0 unspecified atom stereocenters. The molecule has 0 aromatic heterocycles. The van der Waals surface area contributed by atoms with Crippen molar-refractivity contribution in [2.24, 2.45) is 0 Å². The lowest BCUT2D eigenvalue weighted by molar-refractivity contribution is -0.307. The largest absolute Gasteiger partial charge is 0.546 e. The van der Waals surface area contributed by atoms with Crippen molar-refractivity contribution in [3.63, 3.8) is 0 Å². The number of carbonyl (C=O) groups excluding carboxylic acids is 2. The minimum Gasteiger partial charge on any atom is -0.546 e. The van der Waals surface area contributed by atoms with Crippen LogP contribution in [0.3, 0.4) is 0 Å². The van der Waals surface area contributed by atoms with E-state index < -0.39 is 12.6 Å². The number of hydrogen-bond donors (Lipinski definition) is 0. The summed E-state index contributed by atoms with van der Waals surface area (Å²) in [5, 5.41) is 11.0. The van der Waals surface area contributed by atoms with Crippen LogP contribution >= 0.6 is 11.6 Å². The molecular formula is C17H10ClO5-. The molecule has 6 heteroatoms. The van der Waals surface area contributed by atoms with E-state index in [1.54, 1.807) is 30.3 Å². The lowest BCUT2D eigenvalue weighted by atomic mass is 10.1. The van der Waals surface area contributed by atoms with Crippen molar-refractivity contribution in [3.8, 4) is 11.5 Å². The van der Waals surface area contributed by atoms with Gasteiger partial charge >= 0.3 is 0 Å². The number of Topliss-reactive ketones (excluding diaryl/α,β-unsaturated/α-hetero) is 1. The van der Waals surface area contributed by atoms with Gasteiger partial charge in [0.25, 0.3) is 0 Å². The Kier molecular flexibility index (Phi) is 4.04. The molecule has 0 radical (unpaired) electrons. The molecule has 1 heterocycles. The SMILES string of the molecule is O=C([O-])COc1ccc2c(c1)O/C(=C\c1ccc(Cl)cc1)C2=O. The van der Waals surface area contributed by atoms with E-state index in [-0.39, 0.29) is 17.3 Å². The third-order valence-electron chi connectivity index (χ3n) is 3.17. The van der Waals surface area contributed by atoms with Gasteiger partial charge in [-0.2, -0.15) is 0 Å². The number of carbonyl (C=O) groups is 2. The fourth-order valence-corrected chi connectivity index (χ4v) is 2.24. The van der Waals surface area contributed by atoms with Gasteiger partial charge in [0.05, 0.1) is 11.5 Å². The molecular weight excluding hydrogens is 320 g/mol. The number of ether oxygens (including phenoxy) is 2. The smallest absolute Gasteiger partial charge is 0.231 e. The molecule has 1 aliphatic heterocycles. The summed E-state index contributed by atoms with van der Waals surface area (Å²) in [6.45, 7) is -0.569. The van der Waals surface area contributed by atoms with E-state index in [9.17, 15) is 14.7 Å². The molecule has 0 spiro atoms. The molecule has 0 N–H and O–H groups in total. The van der Waals surface area contributed by atoms with Crippen molar-refractivity contribution >= 4 is 29.4 Å². The van der Waals surface area contributed by atoms with E-state index in [4.69, 9.17) is 21.1 Å². The van der Waals surface area contributed by atoms with E-state index in [1.165, 1.54) is 18.2 Å². The first-order chi connectivity index (χ1) is 11.0. The van der Waals surface area contributed by atoms with Crippen LogP contribution in [0.15, 0.2) is 48.2 Å². The van der Waals surface area contributed by atoms with Crippen LogP contribution in [0, 0.1) is 0 Å². The van der Waals surface area contributed by atoms with Gasteiger partial charge < -0.3 is 19.4 Å². The average molecular weight is 330 g/mol. The standard InChI is InChI=1S/C17H11ClO5/c18-11-3-1-10(2-4-11)7-15-17(21)13-6-5-12(8-14(13)23-15)22-9-16(19)20/h1-8H,9H2,(H,19,20)/p-1/b15-7-. The number of aliphatic carboxylic acids is 1. The predicted molar refractivity (Wildman–Crippen MR) is 81.3 cm³/mol. The zero-order chi connectivity index (χ0) is 16.4. The fraction of sp³-hybridized carbons (Fsp3) is 0.0588. The highest BCUT2D eigenvalue weighted by Crippen LogP contribution is 2.34. The second-order valence-electron chi connectivity index (χ2n) is 4.81. The van der Waals surface area contributed by atoms with Crippen LogP contribution in [0.4, 0.5) is 0 Å². The summed E-state index contributed by atoms with van der Waals surface area (Å²) in [7, 11) is 0.